The van der Waals surface area contributed by atoms with E-state index >= 15 is 0 Å². The fraction of sp³-hybridized carbons (Fsp3) is 0.280. The molecule has 0 unspecified atom stereocenters. The number of fused-ring (bicyclic) bond motifs is 1. The van der Waals surface area contributed by atoms with Gasteiger partial charge in [-0.25, -0.2) is 0 Å². The van der Waals surface area contributed by atoms with Gasteiger partial charge in [-0.1, -0.05) is 29.4 Å². The van der Waals surface area contributed by atoms with Crippen molar-refractivity contribution in [3.8, 4) is 11.5 Å². The minimum atomic E-state index is -0.201. The number of hydrogen-bond acceptors (Lipinski definition) is 6. The molecule has 6 nitrogen and oxygen atoms in total. The fourth-order valence-electron chi connectivity index (χ4n) is 4.71. The molecule has 1 aliphatic carbocycles. The van der Waals surface area contributed by atoms with Crippen LogP contribution in [0.3, 0.4) is 0 Å². The number of nitrogens with one attached hydrogen (secondary N) is 1. The van der Waals surface area contributed by atoms with E-state index in [0.717, 1.165) is 51.6 Å². The maximum absolute atomic E-state index is 13.5. The van der Waals surface area contributed by atoms with Gasteiger partial charge in [0.1, 0.15) is 11.5 Å². The Morgan fingerprint density at radius 3 is 2.16 bits per heavy atom. The molecular weight excluding hydrogens is 392 g/mol. The van der Waals surface area contributed by atoms with Crippen molar-refractivity contribution >= 4 is 11.7 Å². The maximum Gasteiger partial charge on any atom is 0.233 e. The highest BCUT2D eigenvalue weighted by Gasteiger charge is 2.41. The molecule has 1 aromatic heterocycles. The number of carbonyl (C=O) groups excluding carboxylic acids is 1. The first kappa shape index (κ1) is 19.4. The predicted molar refractivity (Wildman–Crippen MR) is 117 cm³/mol. The number of benzene rings is 2. The summed E-state index contributed by atoms with van der Waals surface area (Å²) in [6.45, 7) is 1.92. The van der Waals surface area contributed by atoms with E-state index in [-0.39, 0.29) is 17.6 Å². The van der Waals surface area contributed by atoms with Crippen molar-refractivity contribution in [2.45, 2.75) is 31.6 Å². The van der Waals surface area contributed by atoms with Gasteiger partial charge >= 0.3 is 0 Å². The summed E-state index contributed by atoms with van der Waals surface area (Å²) in [5.74, 6) is 2.27. The van der Waals surface area contributed by atoms with Crippen LogP contribution >= 0.6 is 0 Å². The van der Waals surface area contributed by atoms with Crippen LogP contribution in [0.2, 0.25) is 0 Å². The van der Waals surface area contributed by atoms with E-state index in [1.54, 1.807) is 14.2 Å². The molecule has 158 valence electrons. The highest BCUT2D eigenvalue weighted by molar-refractivity contribution is 6.01. The van der Waals surface area contributed by atoms with Crippen molar-refractivity contribution < 1.29 is 18.8 Å². The van der Waals surface area contributed by atoms with E-state index in [2.05, 4.69) is 10.5 Å². The number of allylic oxidation sites excluding steroid dienone is 2. The Labute approximate surface area is 180 Å². The molecule has 6 heteroatoms. The Bertz CT molecular complexity index is 1160. The van der Waals surface area contributed by atoms with E-state index < -0.39 is 0 Å². The van der Waals surface area contributed by atoms with Gasteiger partial charge in [0.25, 0.3) is 0 Å². The average Bonchev–Trinajstić information content (AvgIpc) is 3.18. The zero-order valence-corrected chi connectivity index (χ0v) is 17.8. The fourth-order valence-corrected chi connectivity index (χ4v) is 4.71. The molecule has 1 aliphatic heterocycles. The molecule has 2 aliphatic rings. The van der Waals surface area contributed by atoms with E-state index in [0.29, 0.717) is 12.3 Å². The average molecular weight is 416 g/mol. The van der Waals surface area contributed by atoms with Crippen LogP contribution in [-0.4, -0.2) is 25.2 Å². The molecule has 2 atom stereocenters. The molecule has 0 bridgehead atoms. The molecule has 3 aromatic rings. The molecule has 5 rings (SSSR count). The highest BCUT2D eigenvalue weighted by atomic mass is 16.5. The highest BCUT2D eigenvalue weighted by Crippen LogP contribution is 2.49. The van der Waals surface area contributed by atoms with Gasteiger partial charge in [-0.15, -0.1) is 0 Å². The summed E-state index contributed by atoms with van der Waals surface area (Å²) in [4.78, 5) is 13.5. The van der Waals surface area contributed by atoms with E-state index in [1.807, 2.05) is 55.5 Å². The van der Waals surface area contributed by atoms with Gasteiger partial charge in [0, 0.05) is 23.6 Å². The van der Waals surface area contributed by atoms with Crippen LogP contribution in [0.5, 0.6) is 11.5 Å². The zero-order valence-electron chi connectivity index (χ0n) is 17.8. The summed E-state index contributed by atoms with van der Waals surface area (Å²) in [5, 5.41) is 7.55. The van der Waals surface area contributed by atoms with Gasteiger partial charge in [-0.3, -0.25) is 4.79 Å². The number of anilines is 1. The number of aromatic nitrogens is 1. The molecule has 0 fully saturated rings. The molecule has 0 spiro atoms. The lowest BCUT2D eigenvalue weighted by Crippen LogP contribution is -2.29. The van der Waals surface area contributed by atoms with Gasteiger partial charge in [0.15, 0.2) is 5.78 Å². The minimum absolute atomic E-state index is 0.103. The second kappa shape index (κ2) is 7.61. The molecule has 0 saturated heterocycles. The van der Waals surface area contributed by atoms with Crippen LogP contribution < -0.4 is 14.8 Å². The number of hydrogen-bond donors (Lipinski definition) is 1. The third-order valence-electron chi connectivity index (χ3n) is 6.29. The van der Waals surface area contributed by atoms with Crippen LogP contribution in [0.4, 0.5) is 5.88 Å². The Kier molecular flexibility index (Phi) is 4.77. The SMILES string of the molecule is COc1ccc([C@H]2CC(=O)C3=C(C2)Nc2onc(C)c2[C@H]3c2ccc(OC)cc2)cc1. The van der Waals surface area contributed by atoms with E-state index in [9.17, 15) is 4.79 Å². The Balaban J connectivity index is 1.56. The first-order valence-corrected chi connectivity index (χ1v) is 10.4. The number of rotatable bonds is 4. The van der Waals surface area contributed by atoms with Crippen molar-refractivity contribution in [2.75, 3.05) is 19.5 Å². The number of carbonyl (C=O) groups is 1. The lowest BCUT2D eigenvalue weighted by atomic mass is 9.72. The largest absolute Gasteiger partial charge is 0.497 e. The molecular formula is C25H24N2O4. The summed E-state index contributed by atoms with van der Waals surface area (Å²) >= 11 is 0. The number of aryl methyl sites for hydroxylation is 1. The standard InChI is InChI=1S/C25H24N2O4/c1-14-22-23(16-6-10-19(30-3)11-7-16)24-20(26-25(22)31-27-14)12-17(13-21(24)28)15-4-8-18(29-2)9-5-15/h4-11,17,23,26H,12-13H2,1-3H3/t17-,23-/m1/s1. The number of ether oxygens (including phenoxy) is 2. The van der Waals surface area contributed by atoms with Crippen molar-refractivity contribution in [1.82, 2.24) is 5.16 Å². The molecule has 2 heterocycles. The van der Waals surface area contributed by atoms with Gasteiger partial charge in [0.05, 0.1) is 25.5 Å². The maximum atomic E-state index is 13.5. The van der Waals surface area contributed by atoms with Crippen LogP contribution in [0.25, 0.3) is 0 Å². The molecule has 0 amide bonds. The topological polar surface area (TPSA) is 73.6 Å². The molecule has 1 N–H and O–H groups in total. The number of methoxy groups -OCH3 is 2. The van der Waals surface area contributed by atoms with Crippen LogP contribution in [-0.2, 0) is 4.79 Å². The Morgan fingerprint density at radius 2 is 1.55 bits per heavy atom. The van der Waals surface area contributed by atoms with Gasteiger partial charge in [0.2, 0.25) is 5.88 Å². The van der Waals surface area contributed by atoms with Crippen molar-refractivity contribution in [3.63, 3.8) is 0 Å². The minimum Gasteiger partial charge on any atom is -0.497 e. The van der Waals surface area contributed by atoms with Crippen LogP contribution in [0, 0.1) is 6.92 Å². The number of Topliss-reactive ketones (excluding diaryl/α,β-unsaturated/α-hetero) is 1. The number of nitrogens with zero attached hydrogens (tertiary/aromatic N) is 1. The summed E-state index contributed by atoms with van der Waals surface area (Å²) in [5.41, 5.74) is 5.61. The molecule has 0 saturated carbocycles. The molecule has 31 heavy (non-hydrogen) atoms. The van der Waals surface area contributed by atoms with Crippen molar-refractivity contribution in [2.24, 2.45) is 0 Å². The summed E-state index contributed by atoms with van der Waals surface area (Å²) < 4.78 is 16.2. The molecule has 0 radical (unpaired) electrons. The van der Waals surface area contributed by atoms with Crippen molar-refractivity contribution in [1.29, 1.82) is 0 Å². The smallest absolute Gasteiger partial charge is 0.233 e. The van der Waals surface area contributed by atoms with Gasteiger partial charge < -0.3 is 19.3 Å². The Hall–Kier alpha value is -3.54. The lowest BCUT2D eigenvalue weighted by molar-refractivity contribution is -0.116. The normalized spacial score (nSPS) is 20.0. The first-order chi connectivity index (χ1) is 15.1. The zero-order chi connectivity index (χ0) is 21.5. The summed E-state index contributed by atoms with van der Waals surface area (Å²) in [6, 6.07) is 15.8. The van der Waals surface area contributed by atoms with Crippen molar-refractivity contribution in [3.05, 3.63) is 82.2 Å². The first-order valence-electron chi connectivity index (χ1n) is 10.4. The second-order valence-corrected chi connectivity index (χ2v) is 8.04. The van der Waals surface area contributed by atoms with E-state index in [4.69, 9.17) is 14.0 Å². The second-order valence-electron chi connectivity index (χ2n) is 8.04. The number of ketones is 1. The van der Waals surface area contributed by atoms with Crippen LogP contribution in [0.1, 0.15) is 47.1 Å². The predicted octanol–water partition coefficient (Wildman–Crippen LogP) is 4.96. The summed E-state index contributed by atoms with van der Waals surface area (Å²) in [7, 11) is 3.30. The van der Waals surface area contributed by atoms with Gasteiger partial charge in [-0.05, 0) is 54.7 Å². The van der Waals surface area contributed by atoms with Crippen LogP contribution in [0.15, 0.2) is 64.3 Å². The third kappa shape index (κ3) is 3.28. The Morgan fingerprint density at radius 1 is 0.935 bits per heavy atom. The molecule has 2 aromatic carbocycles. The third-order valence-corrected chi connectivity index (χ3v) is 6.29. The quantitative estimate of drug-likeness (QED) is 0.648. The monoisotopic (exact) mass is 416 g/mol. The van der Waals surface area contributed by atoms with Gasteiger partial charge in [-0.2, -0.15) is 0 Å². The summed E-state index contributed by atoms with van der Waals surface area (Å²) in [6.07, 6.45) is 1.21. The van der Waals surface area contributed by atoms with E-state index in [1.165, 1.54) is 0 Å². The lowest BCUT2D eigenvalue weighted by Gasteiger charge is -2.34.